The van der Waals surface area contributed by atoms with Gasteiger partial charge in [0.25, 0.3) is 5.91 Å². The van der Waals surface area contributed by atoms with Crippen LogP contribution in [-0.2, 0) is 20.7 Å². The minimum absolute atomic E-state index is 0.0754. The topological polar surface area (TPSA) is 89.8 Å². The number of aliphatic imine (C=N–C) groups is 1. The summed E-state index contributed by atoms with van der Waals surface area (Å²) in [5, 5.41) is 9.03. The van der Waals surface area contributed by atoms with Crippen molar-refractivity contribution in [2.75, 3.05) is 46.6 Å². The molecule has 40 heavy (non-hydrogen) atoms. The highest BCUT2D eigenvalue weighted by atomic mass is 79.9. The number of nitrogens with zero attached hydrogens (tertiary/aromatic N) is 2. The van der Waals surface area contributed by atoms with Crippen molar-refractivity contribution in [1.82, 2.24) is 4.90 Å². The number of amides is 1. The lowest BCUT2D eigenvalue weighted by Gasteiger charge is -2.37. The number of halogens is 1. The second-order valence-corrected chi connectivity index (χ2v) is 10.7. The molecule has 9 heteroatoms. The van der Waals surface area contributed by atoms with Gasteiger partial charge in [-0.1, -0.05) is 40.2 Å². The van der Waals surface area contributed by atoms with Crippen molar-refractivity contribution in [1.29, 1.82) is 0 Å². The smallest absolute Gasteiger partial charge is 0.255 e. The summed E-state index contributed by atoms with van der Waals surface area (Å²) in [6, 6.07) is 23.0. The number of morpholine rings is 1. The number of aliphatic hydroxyl groups excluding tert-OH is 1. The van der Waals surface area contributed by atoms with Crippen molar-refractivity contribution in [3.05, 3.63) is 94.0 Å². The fourth-order valence-electron chi connectivity index (χ4n) is 5.03. The van der Waals surface area contributed by atoms with E-state index in [4.69, 9.17) is 29.0 Å². The van der Waals surface area contributed by atoms with Crippen LogP contribution in [0, 0.1) is 0 Å². The lowest BCUT2D eigenvalue weighted by atomic mass is 9.81. The van der Waals surface area contributed by atoms with E-state index in [1.165, 1.54) is 0 Å². The van der Waals surface area contributed by atoms with Crippen molar-refractivity contribution < 1.29 is 28.8 Å². The van der Waals surface area contributed by atoms with Crippen molar-refractivity contribution in [3.63, 3.8) is 0 Å². The molecule has 210 valence electrons. The number of ether oxygens (including phenoxy) is 4. The van der Waals surface area contributed by atoms with E-state index in [-0.39, 0.29) is 12.5 Å². The first-order valence-corrected chi connectivity index (χ1v) is 14.2. The van der Waals surface area contributed by atoms with E-state index in [0.29, 0.717) is 63.1 Å². The van der Waals surface area contributed by atoms with Gasteiger partial charge in [0.2, 0.25) is 5.90 Å². The first-order valence-electron chi connectivity index (χ1n) is 13.4. The van der Waals surface area contributed by atoms with Crippen LogP contribution >= 0.6 is 15.9 Å². The van der Waals surface area contributed by atoms with Gasteiger partial charge in [-0.2, -0.15) is 0 Å². The molecule has 0 unspecified atom stereocenters. The molecule has 0 spiro atoms. The van der Waals surface area contributed by atoms with E-state index < -0.39 is 11.6 Å². The molecule has 8 nitrogen and oxygen atoms in total. The standard InChI is InChI=1S/C31H33BrN2O6/c1-37-27-5-2-4-24(20-27)28-31(21-22-6-10-25(32)11-7-22,30(36)34-14-18-38-19-15-34)33-29(40-28)23-8-12-26(13-9-23)39-17-3-16-35/h2,4-13,20,28,35H,3,14-19,21H2,1H3/t28-,31-/m1/s1. The highest BCUT2D eigenvalue weighted by Gasteiger charge is 2.55. The van der Waals surface area contributed by atoms with Crippen LogP contribution in [0.5, 0.6) is 11.5 Å². The van der Waals surface area contributed by atoms with Crippen molar-refractivity contribution in [3.8, 4) is 11.5 Å². The average molecular weight is 610 g/mol. The fraction of sp³-hybridized carbons (Fsp3) is 0.355. The number of hydrogen-bond acceptors (Lipinski definition) is 7. The summed E-state index contributed by atoms with van der Waals surface area (Å²) in [5.41, 5.74) is 1.28. The predicted molar refractivity (Wildman–Crippen MR) is 155 cm³/mol. The molecule has 1 fully saturated rings. The number of benzene rings is 3. The molecule has 5 rings (SSSR count). The molecule has 1 amide bonds. The molecule has 0 aliphatic carbocycles. The van der Waals surface area contributed by atoms with E-state index in [1.54, 1.807) is 7.11 Å². The molecular formula is C31H33BrN2O6. The van der Waals surface area contributed by atoms with Crippen LogP contribution < -0.4 is 9.47 Å². The Bertz CT molecular complexity index is 1320. The quantitative estimate of drug-likeness (QED) is 0.339. The van der Waals surface area contributed by atoms with Gasteiger partial charge >= 0.3 is 0 Å². The maximum Gasteiger partial charge on any atom is 0.255 e. The molecule has 0 saturated carbocycles. The molecule has 2 heterocycles. The Morgan fingerprint density at radius 3 is 2.52 bits per heavy atom. The van der Waals surface area contributed by atoms with Gasteiger partial charge in [-0.05, 0) is 59.7 Å². The fourth-order valence-corrected chi connectivity index (χ4v) is 5.29. The first kappa shape index (κ1) is 28.1. The second kappa shape index (κ2) is 12.8. The number of aliphatic hydroxyl groups is 1. The summed E-state index contributed by atoms with van der Waals surface area (Å²) in [6.45, 7) is 2.47. The summed E-state index contributed by atoms with van der Waals surface area (Å²) in [6.07, 6.45) is 0.226. The van der Waals surface area contributed by atoms with Crippen LogP contribution in [-0.4, -0.2) is 74.0 Å². The third-order valence-corrected chi connectivity index (χ3v) is 7.62. The molecule has 2 aliphatic heterocycles. The highest BCUT2D eigenvalue weighted by molar-refractivity contribution is 9.10. The Labute approximate surface area is 242 Å². The summed E-state index contributed by atoms with van der Waals surface area (Å²) in [4.78, 5) is 21.5. The first-order chi connectivity index (χ1) is 19.5. The van der Waals surface area contributed by atoms with Gasteiger partial charge in [0.15, 0.2) is 11.6 Å². The maximum absolute atomic E-state index is 14.5. The van der Waals surface area contributed by atoms with Gasteiger partial charge in [0.05, 0.1) is 26.9 Å². The maximum atomic E-state index is 14.5. The summed E-state index contributed by atoms with van der Waals surface area (Å²) >= 11 is 3.52. The second-order valence-electron chi connectivity index (χ2n) is 9.77. The average Bonchev–Trinajstić information content (AvgIpc) is 3.39. The summed E-state index contributed by atoms with van der Waals surface area (Å²) < 4.78 is 24.3. The number of methoxy groups -OCH3 is 1. The van der Waals surface area contributed by atoms with Crippen LogP contribution in [0.3, 0.4) is 0 Å². The molecule has 3 aromatic rings. The molecule has 3 aromatic carbocycles. The minimum Gasteiger partial charge on any atom is -0.497 e. The molecule has 0 bridgehead atoms. The van der Waals surface area contributed by atoms with E-state index >= 15 is 0 Å². The lowest BCUT2D eigenvalue weighted by molar-refractivity contribution is -0.143. The molecule has 1 N–H and O–H groups in total. The largest absolute Gasteiger partial charge is 0.497 e. The van der Waals surface area contributed by atoms with E-state index in [0.717, 1.165) is 21.2 Å². The number of carbonyl (C=O) groups is 1. The van der Waals surface area contributed by atoms with Gasteiger partial charge in [0, 0.05) is 42.6 Å². The summed E-state index contributed by atoms with van der Waals surface area (Å²) in [5.74, 6) is 1.67. The molecule has 1 saturated heterocycles. The molecule has 2 aliphatic rings. The Morgan fingerprint density at radius 1 is 1.07 bits per heavy atom. The van der Waals surface area contributed by atoms with Crippen LogP contribution in [0.4, 0.5) is 0 Å². The number of rotatable bonds is 10. The Hall–Kier alpha value is -3.40. The van der Waals surface area contributed by atoms with Crippen LogP contribution in [0.25, 0.3) is 0 Å². The van der Waals surface area contributed by atoms with Crippen LogP contribution in [0.2, 0.25) is 0 Å². The normalized spacial score (nSPS) is 20.5. The van der Waals surface area contributed by atoms with Gasteiger partial charge in [0.1, 0.15) is 11.5 Å². The predicted octanol–water partition coefficient (Wildman–Crippen LogP) is 4.58. The number of carbonyl (C=O) groups excluding carboxylic acids is 1. The minimum atomic E-state index is -1.25. The monoisotopic (exact) mass is 608 g/mol. The third-order valence-electron chi connectivity index (χ3n) is 7.09. The van der Waals surface area contributed by atoms with Gasteiger partial charge in [-0.25, -0.2) is 4.99 Å². The highest BCUT2D eigenvalue weighted by Crippen LogP contribution is 2.44. The zero-order valence-electron chi connectivity index (χ0n) is 22.4. The SMILES string of the molecule is COc1cccc([C@H]2OC(c3ccc(OCCCO)cc3)=N[C@@]2(Cc2ccc(Br)cc2)C(=O)N2CCOCC2)c1. The zero-order valence-corrected chi connectivity index (χ0v) is 24.0. The lowest BCUT2D eigenvalue weighted by Crippen LogP contribution is -2.54. The molecular weight excluding hydrogens is 576 g/mol. The molecule has 0 radical (unpaired) electrons. The third kappa shape index (κ3) is 6.16. The van der Waals surface area contributed by atoms with Crippen molar-refractivity contribution in [2.45, 2.75) is 24.5 Å². The Kier molecular flexibility index (Phi) is 9.04. The van der Waals surface area contributed by atoms with Gasteiger partial charge in [-0.15, -0.1) is 0 Å². The van der Waals surface area contributed by atoms with Crippen molar-refractivity contribution >= 4 is 27.7 Å². The van der Waals surface area contributed by atoms with Crippen LogP contribution in [0.1, 0.15) is 29.2 Å². The summed E-state index contributed by atoms with van der Waals surface area (Å²) in [7, 11) is 1.62. The van der Waals surface area contributed by atoms with E-state index in [2.05, 4.69) is 15.9 Å². The Balaban J connectivity index is 1.59. The van der Waals surface area contributed by atoms with E-state index in [1.807, 2.05) is 77.7 Å². The molecule has 0 aromatic heterocycles. The zero-order chi connectivity index (χ0) is 28.0. The van der Waals surface area contributed by atoms with Gasteiger partial charge in [-0.3, -0.25) is 4.79 Å². The Morgan fingerprint density at radius 2 is 1.82 bits per heavy atom. The van der Waals surface area contributed by atoms with Crippen LogP contribution in [0.15, 0.2) is 82.3 Å². The van der Waals surface area contributed by atoms with Gasteiger partial charge < -0.3 is 29.0 Å². The van der Waals surface area contributed by atoms with E-state index in [9.17, 15) is 4.79 Å². The number of hydrogen-bond donors (Lipinski definition) is 1. The van der Waals surface area contributed by atoms with Crippen molar-refractivity contribution in [2.24, 2.45) is 4.99 Å². The molecule has 2 atom stereocenters.